The summed E-state index contributed by atoms with van der Waals surface area (Å²) in [5, 5.41) is 0. The summed E-state index contributed by atoms with van der Waals surface area (Å²) < 4.78 is 11.1. The summed E-state index contributed by atoms with van der Waals surface area (Å²) in [6, 6.07) is 0. The van der Waals surface area contributed by atoms with Crippen molar-refractivity contribution in [3.8, 4) is 0 Å². The van der Waals surface area contributed by atoms with Crippen molar-refractivity contribution in [1.82, 2.24) is 9.80 Å². The lowest BCUT2D eigenvalue weighted by molar-refractivity contribution is -0.0952. The maximum absolute atomic E-state index is 11.9. The first-order valence-electron chi connectivity index (χ1n) is 6.83. The molecule has 1 rings (SSSR count). The van der Waals surface area contributed by atoms with Crippen LogP contribution in [0.2, 0.25) is 0 Å². The zero-order valence-electron chi connectivity index (χ0n) is 13.3. The van der Waals surface area contributed by atoms with Crippen molar-refractivity contribution in [2.24, 2.45) is 0 Å². The zero-order chi connectivity index (χ0) is 14.8. The molecule has 1 heterocycles. The summed E-state index contributed by atoms with van der Waals surface area (Å²) >= 11 is 0. The molecule has 0 aromatic rings. The molecule has 0 aliphatic carbocycles. The van der Waals surface area contributed by atoms with Gasteiger partial charge in [-0.1, -0.05) is 0 Å². The van der Waals surface area contributed by atoms with Gasteiger partial charge in [0.25, 0.3) is 0 Å². The molecule has 1 saturated heterocycles. The van der Waals surface area contributed by atoms with E-state index in [2.05, 4.69) is 4.90 Å². The molecule has 0 radical (unpaired) electrons. The minimum absolute atomic E-state index is 0.0822. The number of ether oxygens (including phenoxy) is 2. The quantitative estimate of drug-likeness (QED) is 0.784. The molecule has 19 heavy (non-hydrogen) atoms. The molecule has 1 aliphatic heterocycles. The van der Waals surface area contributed by atoms with E-state index in [1.807, 2.05) is 48.7 Å². The van der Waals surface area contributed by atoms with E-state index in [0.717, 1.165) is 0 Å². The molecule has 5 nitrogen and oxygen atoms in total. The van der Waals surface area contributed by atoms with E-state index < -0.39 is 5.60 Å². The normalized spacial score (nSPS) is 18.7. The second kappa shape index (κ2) is 5.67. The van der Waals surface area contributed by atoms with Crippen LogP contribution in [-0.2, 0) is 9.47 Å². The molecule has 0 N–H and O–H groups in total. The summed E-state index contributed by atoms with van der Waals surface area (Å²) in [5.74, 6) is 0. The Balaban J connectivity index is 2.53. The van der Waals surface area contributed by atoms with Gasteiger partial charge >= 0.3 is 6.09 Å². The standard InChI is InChI=1S/C14H28N2O3/c1-11(2)18-10-14(15(6)7)8-16(9-14)12(17)19-13(3,4)5/h11H,8-10H2,1-7H3. The van der Waals surface area contributed by atoms with Crippen molar-refractivity contribution in [3.05, 3.63) is 0 Å². The number of amides is 1. The van der Waals surface area contributed by atoms with Crippen molar-refractivity contribution in [1.29, 1.82) is 0 Å². The first-order chi connectivity index (χ1) is 8.56. The highest BCUT2D eigenvalue weighted by Gasteiger charge is 2.48. The topological polar surface area (TPSA) is 42.0 Å². The third kappa shape index (κ3) is 4.35. The van der Waals surface area contributed by atoms with Crippen molar-refractivity contribution < 1.29 is 14.3 Å². The number of carbonyl (C=O) groups excluding carboxylic acids is 1. The Morgan fingerprint density at radius 3 is 2.21 bits per heavy atom. The lowest BCUT2D eigenvalue weighted by Gasteiger charge is -2.53. The van der Waals surface area contributed by atoms with E-state index in [1.165, 1.54) is 0 Å². The monoisotopic (exact) mass is 272 g/mol. The summed E-state index contributed by atoms with van der Waals surface area (Å²) in [6.07, 6.45) is -0.0399. The zero-order valence-corrected chi connectivity index (χ0v) is 13.3. The summed E-state index contributed by atoms with van der Waals surface area (Å²) in [4.78, 5) is 15.8. The Labute approximate surface area is 116 Å². The first-order valence-corrected chi connectivity index (χ1v) is 6.83. The number of likely N-dealkylation sites (N-methyl/N-ethyl adjacent to an activating group) is 1. The highest BCUT2D eigenvalue weighted by molar-refractivity contribution is 5.69. The number of nitrogens with zero attached hydrogens (tertiary/aromatic N) is 2. The lowest BCUT2D eigenvalue weighted by atomic mass is 9.89. The molecule has 1 fully saturated rings. The number of hydrogen-bond donors (Lipinski definition) is 0. The van der Waals surface area contributed by atoms with Crippen LogP contribution < -0.4 is 0 Å². The summed E-state index contributed by atoms with van der Waals surface area (Å²) in [6.45, 7) is 11.6. The van der Waals surface area contributed by atoms with Gasteiger partial charge in [0.05, 0.1) is 18.2 Å². The van der Waals surface area contributed by atoms with E-state index >= 15 is 0 Å². The van der Waals surface area contributed by atoms with Crippen LogP contribution in [0.5, 0.6) is 0 Å². The van der Waals surface area contributed by atoms with Gasteiger partial charge in [0.1, 0.15) is 5.60 Å². The fourth-order valence-corrected chi connectivity index (χ4v) is 1.94. The molecule has 112 valence electrons. The predicted molar refractivity (Wildman–Crippen MR) is 75.3 cm³/mol. The van der Waals surface area contributed by atoms with Gasteiger partial charge in [-0.05, 0) is 48.7 Å². The van der Waals surface area contributed by atoms with Crippen molar-refractivity contribution in [3.63, 3.8) is 0 Å². The molecule has 0 atom stereocenters. The van der Waals surface area contributed by atoms with Gasteiger partial charge in [0.15, 0.2) is 0 Å². The van der Waals surface area contributed by atoms with Crippen LogP contribution in [0.25, 0.3) is 0 Å². The summed E-state index contributed by atoms with van der Waals surface area (Å²) in [7, 11) is 4.05. The summed E-state index contributed by atoms with van der Waals surface area (Å²) in [5.41, 5.74) is -0.525. The van der Waals surface area contributed by atoms with Gasteiger partial charge in [-0.25, -0.2) is 4.79 Å². The van der Waals surface area contributed by atoms with Crippen LogP contribution in [0.1, 0.15) is 34.6 Å². The van der Waals surface area contributed by atoms with Crippen LogP contribution in [0.3, 0.4) is 0 Å². The van der Waals surface area contributed by atoms with Gasteiger partial charge in [-0.3, -0.25) is 4.90 Å². The Kier molecular flexibility index (Phi) is 4.85. The van der Waals surface area contributed by atoms with Gasteiger partial charge < -0.3 is 14.4 Å². The SMILES string of the molecule is CC(C)OCC1(N(C)C)CN(C(=O)OC(C)(C)C)C1. The minimum atomic E-state index is -0.443. The van der Waals surface area contributed by atoms with E-state index in [0.29, 0.717) is 19.7 Å². The maximum atomic E-state index is 11.9. The average molecular weight is 272 g/mol. The van der Waals surface area contributed by atoms with Gasteiger partial charge in [0, 0.05) is 13.1 Å². The number of rotatable bonds is 4. The third-order valence-electron chi connectivity index (χ3n) is 3.26. The number of carbonyl (C=O) groups is 1. The molecule has 0 aromatic carbocycles. The third-order valence-corrected chi connectivity index (χ3v) is 3.26. The molecule has 0 bridgehead atoms. The average Bonchev–Trinajstić information content (AvgIpc) is 2.11. The van der Waals surface area contributed by atoms with Crippen LogP contribution in [-0.4, -0.2) is 66.9 Å². The molecule has 0 aromatic heterocycles. The van der Waals surface area contributed by atoms with Crippen molar-refractivity contribution >= 4 is 6.09 Å². The molecule has 1 amide bonds. The van der Waals surface area contributed by atoms with Gasteiger partial charge in [0.2, 0.25) is 0 Å². The highest BCUT2D eigenvalue weighted by atomic mass is 16.6. The van der Waals surface area contributed by atoms with E-state index in [4.69, 9.17) is 9.47 Å². The molecule has 0 spiro atoms. The molecule has 0 saturated carbocycles. The van der Waals surface area contributed by atoms with E-state index in [9.17, 15) is 4.79 Å². The Hall–Kier alpha value is -0.810. The van der Waals surface area contributed by atoms with Crippen LogP contribution >= 0.6 is 0 Å². The fourth-order valence-electron chi connectivity index (χ4n) is 1.94. The minimum Gasteiger partial charge on any atom is -0.444 e. The molecular weight excluding hydrogens is 244 g/mol. The highest BCUT2D eigenvalue weighted by Crippen LogP contribution is 2.28. The van der Waals surface area contributed by atoms with Crippen LogP contribution in [0.15, 0.2) is 0 Å². The fraction of sp³-hybridized carbons (Fsp3) is 0.929. The first kappa shape index (κ1) is 16.2. The molecular formula is C14H28N2O3. The second-order valence-electron chi connectivity index (χ2n) is 6.81. The van der Waals surface area contributed by atoms with E-state index in [-0.39, 0.29) is 17.7 Å². The van der Waals surface area contributed by atoms with Crippen LogP contribution in [0.4, 0.5) is 4.79 Å². The Morgan fingerprint density at radius 1 is 1.32 bits per heavy atom. The second-order valence-corrected chi connectivity index (χ2v) is 6.81. The van der Waals surface area contributed by atoms with Crippen molar-refractivity contribution in [2.75, 3.05) is 33.8 Å². The smallest absolute Gasteiger partial charge is 0.410 e. The van der Waals surface area contributed by atoms with E-state index in [1.54, 1.807) is 4.90 Å². The van der Waals surface area contributed by atoms with Gasteiger partial charge in [-0.15, -0.1) is 0 Å². The lowest BCUT2D eigenvalue weighted by Crippen LogP contribution is -2.72. The van der Waals surface area contributed by atoms with Crippen molar-refractivity contribution in [2.45, 2.75) is 51.9 Å². The molecule has 1 aliphatic rings. The predicted octanol–water partition coefficient (Wildman–Crippen LogP) is 1.96. The Bertz CT molecular complexity index is 315. The Morgan fingerprint density at radius 2 is 1.84 bits per heavy atom. The number of likely N-dealkylation sites (tertiary alicyclic amines) is 1. The molecule has 0 unspecified atom stereocenters. The molecule has 5 heteroatoms. The van der Waals surface area contributed by atoms with Gasteiger partial charge in [-0.2, -0.15) is 0 Å². The largest absolute Gasteiger partial charge is 0.444 e. The number of hydrogen-bond acceptors (Lipinski definition) is 4. The van der Waals surface area contributed by atoms with Crippen LogP contribution in [0, 0.1) is 0 Å². The maximum Gasteiger partial charge on any atom is 0.410 e.